The molecule has 1 aromatic carbocycles. The van der Waals surface area contributed by atoms with Crippen LogP contribution < -0.4 is 10.5 Å². The van der Waals surface area contributed by atoms with Gasteiger partial charge in [-0.15, -0.1) is 0 Å². The molecule has 0 atom stereocenters. The Labute approximate surface area is 102 Å². The van der Waals surface area contributed by atoms with Crippen molar-refractivity contribution in [1.82, 2.24) is 4.72 Å². The van der Waals surface area contributed by atoms with Crippen LogP contribution in [0.5, 0.6) is 0 Å². The molecular formula is C11H18N2O3S. The van der Waals surface area contributed by atoms with E-state index in [1.807, 2.05) is 0 Å². The zero-order chi connectivity index (χ0) is 12.9. The maximum absolute atomic E-state index is 11.9. The molecule has 0 aliphatic heterocycles. The van der Waals surface area contributed by atoms with Gasteiger partial charge in [-0.05, 0) is 37.5 Å². The van der Waals surface area contributed by atoms with Gasteiger partial charge in [0.1, 0.15) is 0 Å². The summed E-state index contributed by atoms with van der Waals surface area (Å²) < 4.78 is 26.4. The number of nitrogens with one attached hydrogen (secondary N) is 1. The molecule has 0 saturated carbocycles. The number of benzene rings is 1. The Kier molecular flexibility index (Phi) is 4.92. The molecule has 6 heteroatoms. The van der Waals surface area contributed by atoms with Gasteiger partial charge in [0, 0.05) is 18.8 Å². The van der Waals surface area contributed by atoms with Crippen LogP contribution in [0.3, 0.4) is 0 Å². The van der Waals surface area contributed by atoms with Crippen molar-refractivity contribution in [2.45, 2.75) is 24.7 Å². The molecule has 0 aliphatic rings. The number of nitrogen functional groups attached to an aromatic ring is 1. The second-order valence-electron chi connectivity index (χ2n) is 3.80. The van der Waals surface area contributed by atoms with Gasteiger partial charge < -0.3 is 10.8 Å². The molecule has 0 aliphatic carbocycles. The van der Waals surface area contributed by atoms with E-state index in [2.05, 4.69) is 4.72 Å². The number of hydrogen-bond donors (Lipinski definition) is 3. The fourth-order valence-corrected chi connectivity index (χ4v) is 2.79. The number of unbranched alkanes of at least 4 members (excludes halogenated alkanes) is 1. The molecule has 96 valence electrons. The van der Waals surface area contributed by atoms with Crippen molar-refractivity contribution in [3.05, 3.63) is 23.8 Å². The average molecular weight is 258 g/mol. The number of sulfonamides is 1. The van der Waals surface area contributed by atoms with Crippen LogP contribution in [-0.2, 0) is 10.0 Å². The summed E-state index contributed by atoms with van der Waals surface area (Å²) in [6, 6.07) is 4.81. The third kappa shape index (κ3) is 3.69. The first-order valence-corrected chi connectivity index (χ1v) is 6.93. The van der Waals surface area contributed by atoms with Gasteiger partial charge in [-0.1, -0.05) is 6.07 Å². The van der Waals surface area contributed by atoms with E-state index in [-0.39, 0.29) is 11.5 Å². The first-order chi connectivity index (χ1) is 7.99. The van der Waals surface area contributed by atoms with Gasteiger partial charge in [0.15, 0.2) is 0 Å². The minimum absolute atomic E-state index is 0.0685. The fraction of sp³-hybridized carbons (Fsp3) is 0.455. The van der Waals surface area contributed by atoms with E-state index in [0.717, 1.165) is 0 Å². The second kappa shape index (κ2) is 6.00. The Morgan fingerprint density at radius 3 is 2.71 bits per heavy atom. The number of nitrogens with two attached hydrogens (primary N) is 1. The number of rotatable bonds is 6. The van der Waals surface area contributed by atoms with Gasteiger partial charge in [-0.3, -0.25) is 0 Å². The van der Waals surface area contributed by atoms with Crippen molar-refractivity contribution in [2.24, 2.45) is 0 Å². The van der Waals surface area contributed by atoms with Gasteiger partial charge in [-0.2, -0.15) is 0 Å². The Morgan fingerprint density at radius 1 is 1.35 bits per heavy atom. The first-order valence-electron chi connectivity index (χ1n) is 5.44. The highest BCUT2D eigenvalue weighted by Gasteiger charge is 2.16. The molecule has 4 N–H and O–H groups in total. The highest BCUT2D eigenvalue weighted by Crippen LogP contribution is 2.19. The smallest absolute Gasteiger partial charge is 0.240 e. The largest absolute Gasteiger partial charge is 0.398 e. The Morgan fingerprint density at radius 2 is 2.06 bits per heavy atom. The molecule has 0 fully saturated rings. The standard InChI is InChI=1S/C11H18N2O3S/c1-9-10(12)5-4-6-11(9)17(15,16)13-7-2-3-8-14/h4-6,13-14H,2-3,7-8,12H2,1H3. The lowest BCUT2D eigenvalue weighted by Crippen LogP contribution is -2.25. The first kappa shape index (κ1) is 14.0. The van der Waals surface area contributed by atoms with Crippen molar-refractivity contribution in [3.63, 3.8) is 0 Å². The second-order valence-corrected chi connectivity index (χ2v) is 5.53. The van der Waals surface area contributed by atoms with Crippen LogP contribution in [0.4, 0.5) is 5.69 Å². The third-order valence-corrected chi connectivity index (χ3v) is 4.10. The van der Waals surface area contributed by atoms with Crippen LogP contribution in [0.15, 0.2) is 23.1 Å². The molecule has 0 aromatic heterocycles. The van der Waals surface area contributed by atoms with Crippen LogP contribution in [-0.4, -0.2) is 26.7 Å². The lowest BCUT2D eigenvalue weighted by molar-refractivity contribution is 0.285. The Hall–Kier alpha value is -1.11. The van der Waals surface area contributed by atoms with E-state index in [4.69, 9.17) is 10.8 Å². The Balaban J connectivity index is 2.79. The summed E-state index contributed by atoms with van der Waals surface area (Å²) in [7, 11) is -3.51. The lowest BCUT2D eigenvalue weighted by atomic mass is 10.2. The van der Waals surface area contributed by atoms with Gasteiger partial charge in [-0.25, -0.2) is 13.1 Å². The van der Waals surface area contributed by atoms with Gasteiger partial charge >= 0.3 is 0 Å². The van der Waals surface area contributed by atoms with E-state index in [9.17, 15) is 8.42 Å². The van der Waals surface area contributed by atoms with Gasteiger partial charge in [0.25, 0.3) is 0 Å². The van der Waals surface area contributed by atoms with Crippen LogP contribution in [0.1, 0.15) is 18.4 Å². The molecule has 1 rings (SSSR count). The summed E-state index contributed by atoms with van der Waals surface area (Å²) in [5.41, 5.74) is 6.69. The summed E-state index contributed by atoms with van der Waals surface area (Å²) in [6.45, 7) is 2.06. The van der Waals surface area contributed by atoms with Crippen LogP contribution >= 0.6 is 0 Å². The number of hydrogen-bond acceptors (Lipinski definition) is 4. The molecule has 0 radical (unpaired) electrons. The molecule has 0 spiro atoms. The monoisotopic (exact) mass is 258 g/mol. The zero-order valence-electron chi connectivity index (χ0n) is 9.81. The molecule has 1 aromatic rings. The zero-order valence-corrected chi connectivity index (χ0v) is 10.6. The Bertz CT molecular complexity index is 472. The van der Waals surface area contributed by atoms with Gasteiger partial charge in [0.2, 0.25) is 10.0 Å². The summed E-state index contributed by atoms with van der Waals surface area (Å²) in [6.07, 6.45) is 1.19. The highest BCUT2D eigenvalue weighted by molar-refractivity contribution is 7.89. The van der Waals surface area contributed by atoms with Crippen molar-refractivity contribution in [1.29, 1.82) is 0 Å². The summed E-state index contributed by atoms with van der Waals surface area (Å²) in [5.74, 6) is 0. The number of aliphatic hydroxyl groups excluding tert-OH is 1. The number of anilines is 1. The van der Waals surface area contributed by atoms with E-state index in [0.29, 0.717) is 30.6 Å². The molecule has 0 amide bonds. The van der Waals surface area contributed by atoms with E-state index >= 15 is 0 Å². The molecule has 0 bridgehead atoms. The van der Waals surface area contributed by atoms with E-state index in [1.54, 1.807) is 19.1 Å². The molecule has 0 unspecified atom stereocenters. The molecular weight excluding hydrogens is 240 g/mol. The molecule has 17 heavy (non-hydrogen) atoms. The van der Waals surface area contributed by atoms with Crippen molar-refractivity contribution in [3.8, 4) is 0 Å². The van der Waals surface area contributed by atoms with Crippen molar-refractivity contribution >= 4 is 15.7 Å². The van der Waals surface area contributed by atoms with E-state index < -0.39 is 10.0 Å². The summed E-state index contributed by atoms with van der Waals surface area (Å²) in [4.78, 5) is 0.210. The molecule has 0 saturated heterocycles. The SMILES string of the molecule is Cc1c(N)cccc1S(=O)(=O)NCCCCO. The lowest BCUT2D eigenvalue weighted by Gasteiger charge is -2.10. The van der Waals surface area contributed by atoms with Crippen molar-refractivity contribution < 1.29 is 13.5 Å². The molecule has 0 heterocycles. The number of aliphatic hydroxyl groups is 1. The van der Waals surface area contributed by atoms with Gasteiger partial charge in [0.05, 0.1) is 4.90 Å². The third-order valence-electron chi connectivity index (χ3n) is 2.49. The van der Waals surface area contributed by atoms with Crippen LogP contribution in [0.2, 0.25) is 0 Å². The molecule has 5 nitrogen and oxygen atoms in total. The fourth-order valence-electron chi connectivity index (χ4n) is 1.44. The normalized spacial score (nSPS) is 11.6. The maximum atomic E-state index is 11.9. The van der Waals surface area contributed by atoms with Crippen LogP contribution in [0.25, 0.3) is 0 Å². The quantitative estimate of drug-likeness (QED) is 0.515. The topological polar surface area (TPSA) is 92.4 Å². The average Bonchev–Trinajstić information content (AvgIpc) is 2.28. The highest BCUT2D eigenvalue weighted by atomic mass is 32.2. The van der Waals surface area contributed by atoms with E-state index in [1.165, 1.54) is 6.07 Å². The summed E-state index contributed by atoms with van der Waals surface area (Å²) >= 11 is 0. The van der Waals surface area contributed by atoms with Crippen LogP contribution in [0, 0.1) is 6.92 Å². The maximum Gasteiger partial charge on any atom is 0.240 e. The summed E-state index contributed by atoms with van der Waals surface area (Å²) in [5, 5.41) is 8.60. The minimum Gasteiger partial charge on any atom is -0.398 e. The minimum atomic E-state index is -3.51. The van der Waals surface area contributed by atoms with Crippen molar-refractivity contribution in [2.75, 3.05) is 18.9 Å². The predicted molar refractivity (Wildman–Crippen MR) is 67.1 cm³/mol. The predicted octanol–water partition coefficient (Wildman–Crippen LogP) is 0.628.